The first kappa shape index (κ1) is 13.1. The van der Waals surface area contributed by atoms with Crippen molar-refractivity contribution in [3.63, 3.8) is 0 Å². The molecule has 1 atom stereocenters. The van der Waals surface area contributed by atoms with E-state index in [-0.39, 0.29) is 11.5 Å². The first-order valence-corrected chi connectivity index (χ1v) is 7.81. The topological polar surface area (TPSA) is 60.2 Å². The SMILES string of the molecule is NC1(Cc2c(Cl)cccc2Cl)CCS(=O)(=O)C1. The second kappa shape index (κ2) is 4.43. The second-order valence-electron chi connectivity index (χ2n) is 4.58. The third-order valence-corrected chi connectivity index (χ3v) is 5.56. The Hall–Kier alpha value is -0.290. The molecule has 0 bridgehead atoms. The highest BCUT2D eigenvalue weighted by Gasteiger charge is 2.39. The van der Waals surface area contributed by atoms with Gasteiger partial charge in [0.25, 0.3) is 0 Å². The standard InChI is InChI=1S/C11H13Cl2NO2S/c12-9-2-1-3-10(13)8(9)6-11(14)4-5-17(15,16)7-11/h1-3H,4-7,14H2. The molecule has 0 radical (unpaired) electrons. The monoisotopic (exact) mass is 293 g/mol. The Balaban J connectivity index is 2.28. The molecule has 1 aliphatic rings. The van der Waals surface area contributed by atoms with E-state index in [0.29, 0.717) is 22.9 Å². The summed E-state index contributed by atoms with van der Waals surface area (Å²) in [6, 6.07) is 5.22. The molecule has 2 N–H and O–H groups in total. The van der Waals surface area contributed by atoms with Gasteiger partial charge in [0.2, 0.25) is 0 Å². The maximum Gasteiger partial charge on any atom is 0.152 e. The summed E-state index contributed by atoms with van der Waals surface area (Å²) in [5.74, 6) is 0.146. The van der Waals surface area contributed by atoms with Gasteiger partial charge in [0.1, 0.15) is 0 Å². The van der Waals surface area contributed by atoms with Gasteiger partial charge in [-0.2, -0.15) is 0 Å². The lowest BCUT2D eigenvalue weighted by atomic mass is 9.91. The molecular weight excluding hydrogens is 281 g/mol. The molecule has 94 valence electrons. The molecule has 6 heteroatoms. The molecule has 0 spiro atoms. The lowest BCUT2D eigenvalue weighted by molar-refractivity contribution is 0.476. The Morgan fingerprint density at radius 3 is 2.35 bits per heavy atom. The highest BCUT2D eigenvalue weighted by molar-refractivity contribution is 7.91. The zero-order valence-electron chi connectivity index (χ0n) is 9.12. The second-order valence-corrected chi connectivity index (χ2v) is 7.58. The number of hydrogen-bond donors (Lipinski definition) is 1. The minimum atomic E-state index is -3.01. The third-order valence-electron chi connectivity index (χ3n) is 3.01. The van der Waals surface area contributed by atoms with Crippen LogP contribution >= 0.6 is 23.2 Å². The summed E-state index contributed by atoms with van der Waals surface area (Å²) >= 11 is 12.1. The van der Waals surface area contributed by atoms with Crippen molar-refractivity contribution in [2.45, 2.75) is 18.4 Å². The number of benzene rings is 1. The van der Waals surface area contributed by atoms with E-state index in [1.807, 2.05) is 0 Å². The Morgan fingerprint density at radius 2 is 1.88 bits per heavy atom. The first-order chi connectivity index (χ1) is 7.81. The van der Waals surface area contributed by atoms with Gasteiger partial charge in [-0.05, 0) is 30.5 Å². The average Bonchev–Trinajstić information content (AvgIpc) is 2.48. The minimum Gasteiger partial charge on any atom is -0.324 e. The van der Waals surface area contributed by atoms with Crippen molar-refractivity contribution in [3.8, 4) is 0 Å². The predicted molar refractivity (Wildman–Crippen MR) is 70.4 cm³/mol. The molecule has 3 nitrogen and oxygen atoms in total. The molecule has 1 aliphatic heterocycles. The van der Waals surface area contributed by atoms with Gasteiger partial charge in [-0.25, -0.2) is 8.42 Å². The van der Waals surface area contributed by atoms with Crippen molar-refractivity contribution >= 4 is 33.0 Å². The maximum atomic E-state index is 11.5. The Bertz CT molecular complexity index is 524. The molecule has 0 aliphatic carbocycles. The molecule has 1 aromatic rings. The fourth-order valence-corrected chi connectivity index (χ4v) is 4.65. The van der Waals surface area contributed by atoms with Crippen LogP contribution in [0.1, 0.15) is 12.0 Å². The van der Waals surface area contributed by atoms with E-state index >= 15 is 0 Å². The molecule has 1 heterocycles. The van der Waals surface area contributed by atoms with Crippen molar-refractivity contribution in [1.82, 2.24) is 0 Å². The van der Waals surface area contributed by atoms with Gasteiger partial charge in [0, 0.05) is 15.6 Å². The lowest BCUT2D eigenvalue weighted by Crippen LogP contribution is -2.43. The van der Waals surface area contributed by atoms with Crippen molar-refractivity contribution in [3.05, 3.63) is 33.8 Å². The van der Waals surface area contributed by atoms with Crippen LogP contribution in [0.2, 0.25) is 10.0 Å². The number of halogens is 2. The van der Waals surface area contributed by atoms with E-state index in [4.69, 9.17) is 28.9 Å². The Morgan fingerprint density at radius 1 is 1.29 bits per heavy atom. The summed E-state index contributed by atoms with van der Waals surface area (Å²) in [5, 5.41) is 1.07. The molecule has 0 saturated carbocycles. The van der Waals surface area contributed by atoms with Crippen LogP contribution in [0.4, 0.5) is 0 Å². The summed E-state index contributed by atoms with van der Waals surface area (Å²) in [6.07, 6.45) is 0.849. The molecular formula is C11H13Cl2NO2S. The highest BCUT2D eigenvalue weighted by atomic mass is 35.5. The van der Waals surface area contributed by atoms with Crippen molar-refractivity contribution < 1.29 is 8.42 Å². The quantitative estimate of drug-likeness (QED) is 0.908. The average molecular weight is 294 g/mol. The van der Waals surface area contributed by atoms with Gasteiger partial charge in [0.15, 0.2) is 9.84 Å². The number of rotatable bonds is 2. The van der Waals surface area contributed by atoms with Gasteiger partial charge in [-0.3, -0.25) is 0 Å². The maximum absolute atomic E-state index is 11.5. The van der Waals surface area contributed by atoms with Crippen LogP contribution in [0, 0.1) is 0 Å². The number of sulfone groups is 1. The van der Waals surface area contributed by atoms with Crippen LogP contribution in [0.15, 0.2) is 18.2 Å². The first-order valence-electron chi connectivity index (χ1n) is 5.24. The van der Waals surface area contributed by atoms with Crippen LogP contribution in [-0.2, 0) is 16.3 Å². The summed E-state index contributed by atoms with van der Waals surface area (Å²) in [4.78, 5) is 0. The van der Waals surface area contributed by atoms with Crippen molar-refractivity contribution in [1.29, 1.82) is 0 Å². The van der Waals surface area contributed by atoms with Gasteiger partial charge >= 0.3 is 0 Å². The van der Waals surface area contributed by atoms with E-state index in [2.05, 4.69) is 0 Å². The highest BCUT2D eigenvalue weighted by Crippen LogP contribution is 2.31. The molecule has 17 heavy (non-hydrogen) atoms. The molecule has 0 aromatic heterocycles. The lowest BCUT2D eigenvalue weighted by Gasteiger charge is -2.23. The van der Waals surface area contributed by atoms with Gasteiger partial charge in [-0.1, -0.05) is 29.3 Å². The summed E-state index contributed by atoms with van der Waals surface area (Å²) < 4.78 is 22.9. The van der Waals surface area contributed by atoms with E-state index < -0.39 is 15.4 Å². The van der Waals surface area contributed by atoms with Gasteiger partial charge in [0.05, 0.1) is 11.5 Å². The minimum absolute atomic E-state index is 0.00154. The largest absolute Gasteiger partial charge is 0.324 e. The van der Waals surface area contributed by atoms with E-state index in [0.717, 1.165) is 5.56 Å². The Kier molecular flexibility index (Phi) is 3.42. The van der Waals surface area contributed by atoms with Crippen molar-refractivity contribution in [2.24, 2.45) is 5.73 Å². The molecule has 0 amide bonds. The van der Waals surface area contributed by atoms with Crippen LogP contribution in [0.5, 0.6) is 0 Å². The van der Waals surface area contributed by atoms with E-state index in [9.17, 15) is 8.42 Å². The third kappa shape index (κ3) is 2.94. The summed E-state index contributed by atoms with van der Waals surface area (Å²) in [7, 11) is -3.01. The fourth-order valence-electron chi connectivity index (χ4n) is 2.13. The molecule has 1 aromatic carbocycles. The molecule has 1 saturated heterocycles. The summed E-state index contributed by atoms with van der Waals surface area (Å²) in [5.41, 5.74) is 6.10. The zero-order valence-corrected chi connectivity index (χ0v) is 11.4. The normalized spacial score (nSPS) is 27.2. The van der Waals surface area contributed by atoms with Crippen LogP contribution in [0.3, 0.4) is 0 Å². The number of hydrogen-bond acceptors (Lipinski definition) is 3. The molecule has 2 rings (SSSR count). The van der Waals surface area contributed by atoms with Gasteiger partial charge < -0.3 is 5.73 Å². The zero-order chi connectivity index (χ0) is 12.7. The van der Waals surface area contributed by atoms with Crippen molar-refractivity contribution in [2.75, 3.05) is 11.5 Å². The molecule has 1 fully saturated rings. The van der Waals surface area contributed by atoms with Crippen LogP contribution in [0.25, 0.3) is 0 Å². The molecule has 1 unspecified atom stereocenters. The smallest absolute Gasteiger partial charge is 0.152 e. The van der Waals surface area contributed by atoms with E-state index in [1.165, 1.54) is 0 Å². The fraction of sp³-hybridized carbons (Fsp3) is 0.455. The number of nitrogens with two attached hydrogens (primary N) is 1. The van der Waals surface area contributed by atoms with Gasteiger partial charge in [-0.15, -0.1) is 0 Å². The van der Waals surface area contributed by atoms with Crippen LogP contribution in [-0.4, -0.2) is 25.5 Å². The summed E-state index contributed by atoms with van der Waals surface area (Å²) in [6.45, 7) is 0. The van der Waals surface area contributed by atoms with E-state index in [1.54, 1.807) is 18.2 Å². The van der Waals surface area contributed by atoms with Crippen LogP contribution < -0.4 is 5.73 Å². The Labute approximate surface area is 111 Å². The predicted octanol–water partition coefficient (Wildman–Crippen LogP) is 2.05.